The van der Waals surface area contributed by atoms with Gasteiger partial charge in [0.05, 0.1) is 23.3 Å². The minimum absolute atomic E-state index is 0.273. The average molecular weight is 566 g/mol. The highest BCUT2D eigenvalue weighted by molar-refractivity contribution is 7.70. The zero-order valence-electron chi connectivity index (χ0n) is 22.2. The highest BCUT2D eigenvalue weighted by atomic mass is 35.5. The minimum atomic E-state index is -2.53. The predicted octanol–water partition coefficient (Wildman–Crippen LogP) is 5.27. The third-order valence-electron chi connectivity index (χ3n) is 7.11. The molecule has 204 valence electrons. The van der Waals surface area contributed by atoms with E-state index in [4.69, 9.17) is 11.6 Å². The van der Waals surface area contributed by atoms with Gasteiger partial charge in [-0.25, -0.2) is 4.98 Å². The predicted molar refractivity (Wildman–Crippen MR) is 161 cm³/mol. The lowest BCUT2D eigenvalue weighted by molar-refractivity contribution is -0.111. The van der Waals surface area contributed by atoms with Crippen LogP contribution in [-0.4, -0.2) is 66.3 Å². The Hall–Kier alpha value is -3.39. The van der Waals surface area contributed by atoms with Crippen molar-refractivity contribution in [1.82, 2.24) is 14.9 Å². The van der Waals surface area contributed by atoms with Crippen LogP contribution in [0.2, 0.25) is 5.02 Å². The number of nitrogens with zero attached hydrogens (tertiary/aromatic N) is 4. The SMILES string of the molecule is C=CC(=O)Nc1cc(Nc2ncc(Cl)c(Nc3ccccc3P(C)(C)=O)n2)ccc1N1CCN2CCCC2C1. The highest BCUT2D eigenvalue weighted by Crippen LogP contribution is 2.39. The van der Waals surface area contributed by atoms with E-state index in [-0.39, 0.29) is 5.91 Å². The van der Waals surface area contributed by atoms with Crippen LogP contribution >= 0.6 is 18.7 Å². The van der Waals surface area contributed by atoms with Crippen LogP contribution in [0.1, 0.15) is 12.8 Å². The number of benzene rings is 2. The van der Waals surface area contributed by atoms with Crippen LogP contribution in [0.25, 0.3) is 0 Å². The second-order valence-electron chi connectivity index (χ2n) is 10.2. The van der Waals surface area contributed by atoms with Crippen molar-refractivity contribution in [3.05, 3.63) is 66.3 Å². The summed E-state index contributed by atoms with van der Waals surface area (Å²) in [5.41, 5.74) is 3.05. The molecule has 0 spiro atoms. The molecule has 2 saturated heterocycles. The number of aromatic nitrogens is 2. The van der Waals surface area contributed by atoms with Gasteiger partial charge in [-0.3, -0.25) is 9.69 Å². The molecule has 3 N–H and O–H groups in total. The fraction of sp³-hybridized carbons (Fsp3) is 0.321. The van der Waals surface area contributed by atoms with Crippen LogP contribution < -0.4 is 26.2 Å². The third kappa shape index (κ3) is 6.27. The second kappa shape index (κ2) is 11.4. The molecule has 0 saturated carbocycles. The van der Waals surface area contributed by atoms with Gasteiger partial charge in [0.1, 0.15) is 12.2 Å². The number of hydrogen-bond acceptors (Lipinski definition) is 8. The summed E-state index contributed by atoms with van der Waals surface area (Å²) in [6.45, 7) is 11.1. The van der Waals surface area contributed by atoms with Crippen molar-refractivity contribution >= 4 is 64.5 Å². The lowest BCUT2D eigenvalue weighted by Gasteiger charge is -2.39. The number of para-hydroxylation sites is 1. The number of amides is 1. The molecular formula is C28H33ClN7O2P. The first-order valence-electron chi connectivity index (χ1n) is 13.0. The number of fused-ring (bicyclic) bond motifs is 1. The normalized spacial score (nSPS) is 17.4. The molecule has 1 atom stereocenters. The molecule has 1 unspecified atom stereocenters. The Balaban J connectivity index is 1.40. The number of rotatable bonds is 8. The second-order valence-corrected chi connectivity index (χ2v) is 13.8. The van der Waals surface area contributed by atoms with Crippen molar-refractivity contribution in [2.75, 3.05) is 60.4 Å². The fourth-order valence-corrected chi connectivity index (χ4v) is 6.50. The largest absolute Gasteiger partial charge is 0.367 e. The Labute approximate surface area is 234 Å². The van der Waals surface area contributed by atoms with Gasteiger partial charge in [-0.2, -0.15) is 4.98 Å². The van der Waals surface area contributed by atoms with Crippen molar-refractivity contribution in [3.8, 4) is 0 Å². The number of nitrogens with one attached hydrogen (secondary N) is 3. The van der Waals surface area contributed by atoms with Gasteiger partial charge in [0.15, 0.2) is 5.82 Å². The summed E-state index contributed by atoms with van der Waals surface area (Å²) < 4.78 is 12.8. The van der Waals surface area contributed by atoms with Gasteiger partial charge in [0.25, 0.3) is 0 Å². The maximum atomic E-state index is 12.8. The molecule has 39 heavy (non-hydrogen) atoms. The van der Waals surface area contributed by atoms with Gasteiger partial charge >= 0.3 is 0 Å². The van der Waals surface area contributed by atoms with Crippen molar-refractivity contribution in [3.63, 3.8) is 0 Å². The number of anilines is 6. The smallest absolute Gasteiger partial charge is 0.247 e. The maximum Gasteiger partial charge on any atom is 0.247 e. The summed E-state index contributed by atoms with van der Waals surface area (Å²) in [4.78, 5) is 26.1. The maximum absolute atomic E-state index is 12.8. The van der Waals surface area contributed by atoms with E-state index >= 15 is 0 Å². The van der Waals surface area contributed by atoms with E-state index in [9.17, 15) is 9.36 Å². The van der Waals surface area contributed by atoms with Crippen molar-refractivity contribution < 1.29 is 9.36 Å². The first-order valence-corrected chi connectivity index (χ1v) is 16.0. The number of carbonyl (C=O) groups is 1. The van der Waals surface area contributed by atoms with E-state index in [2.05, 4.69) is 42.3 Å². The number of halogens is 1. The van der Waals surface area contributed by atoms with E-state index in [1.54, 1.807) is 13.3 Å². The molecule has 2 aliphatic heterocycles. The van der Waals surface area contributed by atoms with E-state index in [0.29, 0.717) is 45.2 Å². The van der Waals surface area contributed by atoms with Crippen molar-refractivity contribution in [1.29, 1.82) is 0 Å². The summed E-state index contributed by atoms with van der Waals surface area (Å²) in [5, 5.41) is 10.4. The molecule has 0 aliphatic carbocycles. The summed E-state index contributed by atoms with van der Waals surface area (Å²) in [6, 6.07) is 13.8. The van der Waals surface area contributed by atoms with Gasteiger partial charge in [0.2, 0.25) is 11.9 Å². The molecule has 2 aromatic carbocycles. The van der Waals surface area contributed by atoms with Crippen LogP contribution in [0, 0.1) is 0 Å². The highest BCUT2D eigenvalue weighted by Gasteiger charge is 2.31. The molecule has 2 fully saturated rings. The van der Waals surface area contributed by atoms with Crippen LogP contribution in [0.3, 0.4) is 0 Å². The van der Waals surface area contributed by atoms with E-state index < -0.39 is 7.14 Å². The van der Waals surface area contributed by atoms with Crippen LogP contribution in [0.4, 0.5) is 34.5 Å². The van der Waals surface area contributed by atoms with E-state index in [1.165, 1.54) is 31.7 Å². The third-order valence-corrected chi connectivity index (χ3v) is 8.93. The Morgan fingerprint density at radius 1 is 1.13 bits per heavy atom. The van der Waals surface area contributed by atoms with Gasteiger partial charge < -0.3 is 25.4 Å². The average Bonchev–Trinajstić information content (AvgIpc) is 3.38. The zero-order chi connectivity index (χ0) is 27.6. The molecule has 3 heterocycles. The Bertz CT molecular complexity index is 1440. The van der Waals surface area contributed by atoms with Crippen molar-refractivity contribution in [2.45, 2.75) is 18.9 Å². The quantitative estimate of drug-likeness (QED) is 0.251. The first kappa shape index (κ1) is 27.2. The van der Waals surface area contributed by atoms with Crippen LogP contribution in [0.15, 0.2) is 61.3 Å². The molecule has 2 aliphatic rings. The molecule has 9 nitrogen and oxygen atoms in total. The minimum Gasteiger partial charge on any atom is -0.367 e. The summed E-state index contributed by atoms with van der Waals surface area (Å²) in [6.07, 6.45) is 5.21. The Morgan fingerprint density at radius 2 is 1.95 bits per heavy atom. The van der Waals surface area contributed by atoms with Crippen LogP contribution in [-0.2, 0) is 9.36 Å². The summed E-state index contributed by atoms with van der Waals surface area (Å²) in [5.74, 6) is 0.440. The van der Waals surface area contributed by atoms with Crippen LogP contribution in [0.5, 0.6) is 0 Å². The van der Waals surface area contributed by atoms with E-state index in [0.717, 1.165) is 25.3 Å². The topological polar surface area (TPSA) is 102 Å². The van der Waals surface area contributed by atoms with Gasteiger partial charge in [0, 0.05) is 36.7 Å². The molecule has 11 heteroatoms. The molecule has 1 amide bonds. The van der Waals surface area contributed by atoms with Gasteiger partial charge in [-0.15, -0.1) is 0 Å². The molecule has 3 aromatic rings. The lowest BCUT2D eigenvalue weighted by atomic mass is 10.1. The monoisotopic (exact) mass is 565 g/mol. The molecular weight excluding hydrogens is 533 g/mol. The fourth-order valence-electron chi connectivity index (χ4n) is 5.20. The first-order chi connectivity index (χ1) is 18.7. The Kier molecular flexibility index (Phi) is 7.93. The summed E-state index contributed by atoms with van der Waals surface area (Å²) in [7, 11) is -2.53. The Morgan fingerprint density at radius 3 is 2.74 bits per heavy atom. The zero-order valence-corrected chi connectivity index (χ0v) is 23.8. The lowest BCUT2D eigenvalue weighted by Crippen LogP contribution is -2.50. The number of piperazine rings is 1. The standard InChI is InChI=1S/C28H33ClN7O2P/c1-4-26(37)32-23-16-19(11-12-24(23)36-15-14-35-13-7-8-20(35)18-36)31-28-30-17-21(29)27(34-28)33-22-9-5-6-10-25(22)39(2,3)38/h4-6,9-12,16-17,20H,1,7-8,13-15,18H2,2-3H3,(H,32,37)(H2,30,31,33,34). The van der Waals surface area contributed by atoms with E-state index in [1.807, 2.05) is 42.5 Å². The van der Waals surface area contributed by atoms with Gasteiger partial charge in [-0.05, 0) is 69.1 Å². The van der Waals surface area contributed by atoms with Crippen molar-refractivity contribution in [2.24, 2.45) is 0 Å². The molecule has 1 aromatic heterocycles. The molecule has 0 radical (unpaired) electrons. The summed E-state index contributed by atoms with van der Waals surface area (Å²) >= 11 is 6.41. The molecule has 5 rings (SSSR count). The molecule has 0 bridgehead atoms. The van der Waals surface area contributed by atoms with Gasteiger partial charge in [-0.1, -0.05) is 30.3 Å². The number of hydrogen-bond donors (Lipinski definition) is 3. The number of carbonyl (C=O) groups excluding carboxylic acids is 1.